The molecule has 0 bridgehead atoms. The highest BCUT2D eigenvalue weighted by molar-refractivity contribution is 9.10. The Bertz CT molecular complexity index is 456. The third-order valence-electron chi connectivity index (χ3n) is 2.61. The average Bonchev–Trinajstić information content (AvgIpc) is 2.68. The van der Waals surface area contributed by atoms with Crippen molar-refractivity contribution >= 4 is 37.1 Å². The van der Waals surface area contributed by atoms with E-state index in [1.165, 1.54) is 11.1 Å². The van der Waals surface area contributed by atoms with Gasteiger partial charge in [0.2, 0.25) is 0 Å². The van der Waals surface area contributed by atoms with Gasteiger partial charge in [-0.2, -0.15) is 0 Å². The summed E-state index contributed by atoms with van der Waals surface area (Å²) in [4.78, 5) is 1.26. The maximum Gasteiger partial charge on any atom is 0.147 e. The molecule has 0 aliphatic rings. The van der Waals surface area contributed by atoms with E-state index in [1.54, 1.807) is 11.3 Å². The highest BCUT2D eigenvalue weighted by Crippen LogP contribution is 2.31. The van der Waals surface area contributed by atoms with Gasteiger partial charge in [0.05, 0.1) is 0 Å². The maximum absolute atomic E-state index is 11.2. The van der Waals surface area contributed by atoms with Crippen LogP contribution in [-0.4, -0.2) is 27.0 Å². The SMILES string of the molecule is CCCNC(CCCS(C)(=O)=O)c1sccc1Br. The molecule has 0 aromatic carbocycles. The van der Waals surface area contributed by atoms with Crippen LogP contribution >= 0.6 is 27.3 Å². The molecule has 1 rings (SSSR count). The van der Waals surface area contributed by atoms with Gasteiger partial charge < -0.3 is 5.32 Å². The van der Waals surface area contributed by atoms with Gasteiger partial charge in [0.15, 0.2) is 0 Å². The van der Waals surface area contributed by atoms with Gasteiger partial charge in [0, 0.05) is 27.4 Å². The van der Waals surface area contributed by atoms with Gasteiger partial charge in [0.1, 0.15) is 9.84 Å². The molecule has 0 aliphatic carbocycles. The summed E-state index contributed by atoms with van der Waals surface area (Å²) < 4.78 is 23.4. The first-order valence-electron chi connectivity index (χ1n) is 6.08. The van der Waals surface area contributed by atoms with Gasteiger partial charge in [-0.15, -0.1) is 11.3 Å². The molecular formula is C12H20BrNO2S2. The standard InChI is InChI=1S/C12H20BrNO2S2/c1-3-7-14-11(5-4-9-18(2,15)16)12-10(13)6-8-17-12/h6,8,11,14H,3-5,7,9H2,1-2H3. The maximum atomic E-state index is 11.2. The number of rotatable bonds is 8. The van der Waals surface area contributed by atoms with Crippen molar-refractivity contribution in [1.29, 1.82) is 0 Å². The molecule has 0 saturated heterocycles. The van der Waals surface area contributed by atoms with Gasteiger partial charge in [-0.05, 0) is 53.2 Å². The molecule has 0 radical (unpaired) electrons. The minimum Gasteiger partial charge on any atom is -0.309 e. The van der Waals surface area contributed by atoms with Crippen molar-refractivity contribution in [2.75, 3.05) is 18.6 Å². The highest BCUT2D eigenvalue weighted by atomic mass is 79.9. The van der Waals surface area contributed by atoms with Crippen LogP contribution in [0.15, 0.2) is 15.9 Å². The van der Waals surface area contributed by atoms with E-state index in [-0.39, 0.29) is 11.8 Å². The van der Waals surface area contributed by atoms with E-state index in [1.807, 2.05) is 6.07 Å². The average molecular weight is 354 g/mol. The predicted molar refractivity (Wildman–Crippen MR) is 82.0 cm³/mol. The third-order valence-corrected chi connectivity index (χ3v) is 5.62. The molecule has 0 amide bonds. The summed E-state index contributed by atoms with van der Waals surface area (Å²) >= 11 is 5.25. The summed E-state index contributed by atoms with van der Waals surface area (Å²) in [5.74, 6) is 0.264. The van der Waals surface area contributed by atoms with Crippen LogP contribution in [0.5, 0.6) is 0 Å². The topological polar surface area (TPSA) is 46.2 Å². The molecule has 1 aromatic rings. The molecule has 1 N–H and O–H groups in total. The second-order valence-electron chi connectivity index (χ2n) is 4.41. The van der Waals surface area contributed by atoms with E-state index in [0.717, 1.165) is 23.9 Å². The molecule has 1 heterocycles. The molecule has 0 fully saturated rings. The van der Waals surface area contributed by atoms with Crippen LogP contribution in [0, 0.1) is 0 Å². The van der Waals surface area contributed by atoms with Crippen molar-refractivity contribution in [2.45, 2.75) is 32.2 Å². The molecule has 18 heavy (non-hydrogen) atoms. The molecule has 0 aliphatic heterocycles. The van der Waals surface area contributed by atoms with Crippen molar-refractivity contribution in [2.24, 2.45) is 0 Å². The van der Waals surface area contributed by atoms with Crippen LogP contribution < -0.4 is 5.32 Å². The largest absolute Gasteiger partial charge is 0.309 e. The first kappa shape index (κ1) is 16.1. The van der Waals surface area contributed by atoms with E-state index in [4.69, 9.17) is 0 Å². The number of hydrogen-bond acceptors (Lipinski definition) is 4. The van der Waals surface area contributed by atoms with Crippen LogP contribution in [0.1, 0.15) is 37.1 Å². The Labute approximate surface area is 122 Å². The molecule has 3 nitrogen and oxygen atoms in total. The smallest absolute Gasteiger partial charge is 0.147 e. The zero-order valence-electron chi connectivity index (χ0n) is 10.8. The Balaban J connectivity index is 2.59. The number of thiophene rings is 1. The van der Waals surface area contributed by atoms with Crippen LogP contribution in [-0.2, 0) is 9.84 Å². The predicted octanol–water partition coefficient (Wildman–Crippen LogP) is 3.38. The van der Waals surface area contributed by atoms with Crippen molar-refractivity contribution in [1.82, 2.24) is 5.32 Å². The first-order chi connectivity index (χ1) is 8.44. The fourth-order valence-corrected chi connectivity index (χ4v) is 4.20. The molecule has 0 saturated carbocycles. The zero-order valence-corrected chi connectivity index (χ0v) is 14.0. The van der Waals surface area contributed by atoms with Gasteiger partial charge in [-0.1, -0.05) is 6.92 Å². The lowest BCUT2D eigenvalue weighted by atomic mass is 10.1. The lowest BCUT2D eigenvalue weighted by molar-refractivity contribution is 0.497. The Hall–Kier alpha value is 0.0900. The van der Waals surface area contributed by atoms with Gasteiger partial charge >= 0.3 is 0 Å². The van der Waals surface area contributed by atoms with Crippen LogP contribution in [0.4, 0.5) is 0 Å². The summed E-state index contributed by atoms with van der Waals surface area (Å²) in [5.41, 5.74) is 0. The van der Waals surface area contributed by atoms with Gasteiger partial charge in [-0.25, -0.2) is 8.42 Å². The summed E-state index contributed by atoms with van der Waals surface area (Å²) in [5, 5.41) is 5.54. The van der Waals surface area contributed by atoms with Crippen LogP contribution in [0.2, 0.25) is 0 Å². The fraction of sp³-hybridized carbons (Fsp3) is 0.667. The second kappa shape index (κ2) is 7.62. The van der Waals surface area contributed by atoms with Crippen LogP contribution in [0.25, 0.3) is 0 Å². The van der Waals surface area contributed by atoms with Crippen molar-refractivity contribution in [3.63, 3.8) is 0 Å². The Morgan fingerprint density at radius 3 is 2.72 bits per heavy atom. The fourth-order valence-electron chi connectivity index (χ4n) is 1.75. The van der Waals surface area contributed by atoms with E-state index >= 15 is 0 Å². The quantitative estimate of drug-likeness (QED) is 0.779. The minimum absolute atomic E-state index is 0.251. The highest BCUT2D eigenvalue weighted by Gasteiger charge is 2.15. The van der Waals surface area contributed by atoms with Crippen molar-refractivity contribution < 1.29 is 8.42 Å². The summed E-state index contributed by atoms with van der Waals surface area (Å²) in [6.07, 6.45) is 3.92. The van der Waals surface area contributed by atoms with E-state index in [9.17, 15) is 8.42 Å². The molecule has 104 valence electrons. The summed E-state index contributed by atoms with van der Waals surface area (Å²) in [6, 6.07) is 2.29. The summed E-state index contributed by atoms with van der Waals surface area (Å²) in [7, 11) is -2.86. The number of nitrogens with one attached hydrogen (secondary N) is 1. The zero-order chi connectivity index (χ0) is 13.6. The monoisotopic (exact) mass is 353 g/mol. The first-order valence-corrected chi connectivity index (χ1v) is 9.81. The lowest BCUT2D eigenvalue weighted by Gasteiger charge is -2.17. The molecular weight excluding hydrogens is 334 g/mol. The van der Waals surface area contributed by atoms with E-state index in [2.05, 4.69) is 33.6 Å². The van der Waals surface area contributed by atoms with E-state index in [0.29, 0.717) is 6.42 Å². The number of halogens is 1. The number of sulfone groups is 1. The molecule has 1 aromatic heterocycles. The van der Waals surface area contributed by atoms with Crippen LogP contribution in [0.3, 0.4) is 0 Å². The Morgan fingerprint density at radius 1 is 1.50 bits per heavy atom. The molecule has 6 heteroatoms. The van der Waals surface area contributed by atoms with Crippen molar-refractivity contribution in [3.8, 4) is 0 Å². The van der Waals surface area contributed by atoms with Crippen molar-refractivity contribution in [3.05, 3.63) is 20.8 Å². The Morgan fingerprint density at radius 2 is 2.22 bits per heavy atom. The minimum atomic E-state index is -2.86. The van der Waals surface area contributed by atoms with E-state index < -0.39 is 9.84 Å². The van der Waals surface area contributed by atoms with Gasteiger partial charge in [0.25, 0.3) is 0 Å². The molecule has 0 spiro atoms. The molecule has 1 unspecified atom stereocenters. The third kappa shape index (κ3) is 5.82. The second-order valence-corrected chi connectivity index (χ2v) is 8.47. The Kier molecular flexibility index (Phi) is 6.84. The number of hydrogen-bond donors (Lipinski definition) is 1. The normalized spacial score (nSPS) is 13.7. The molecule has 1 atom stereocenters. The lowest BCUT2D eigenvalue weighted by Crippen LogP contribution is -2.22. The van der Waals surface area contributed by atoms with Gasteiger partial charge in [-0.3, -0.25) is 0 Å². The summed E-state index contributed by atoms with van der Waals surface area (Å²) in [6.45, 7) is 3.08.